The summed E-state index contributed by atoms with van der Waals surface area (Å²) in [5, 5.41) is 0. The number of hydrogen-bond donors (Lipinski definition) is 0. The van der Waals surface area contributed by atoms with Crippen molar-refractivity contribution in [2.45, 2.75) is 25.3 Å². The van der Waals surface area contributed by atoms with Crippen LogP contribution in [0.3, 0.4) is 0 Å². The molecule has 0 bridgehead atoms. The molecule has 0 amide bonds. The average Bonchev–Trinajstić information content (AvgIpc) is 2.79. The van der Waals surface area contributed by atoms with E-state index in [2.05, 4.69) is 33.8 Å². The molecule has 0 radical (unpaired) electrons. The molecule has 2 heterocycles. The minimum absolute atomic E-state index is 0.558. The van der Waals surface area contributed by atoms with Crippen LogP contribution in [0.1, 0.15) is 30.9 Å². The average molecular weight is 210 g/mol. The summed E-state index contributed by atoms with van der Waals surface area (Å²) in [6, 6.07) is 9.35. The number of nitrogens with zero attached hydrogens (tertiary/aromatic N) is 2. The molecule has 16 heavy (non-hydrogen) atoms. The van der Waals surface area contributed by atoms with E-state index in [4.69, 9.17) is 0 Å². The highest BCUT2D eigenvalue weighted by atomic mass is 15.1. The van der Waals surface area contributed by atoms with Crippen LogP contribution < -0.4 is 0 Å². The summed E-state index contributed by atoms with van der Waals surface area (Å²) in [6.07, 6.45) is 8.14. The fourth-order valence-electron chi connectivity index (χ4n) is 3.11. The van der Waals surface area contributed by atoms with E-state index in [1.54, 1.807) is 0 Å². The highest BCUT2D eigenvalue weighted by Crippen LogP contribution is 2.48. The van der Waals surface area contributed by atoms with E-state index < -0.39 is 0 Å². The van der Waals surface area contributed by atoms with E-state index in [1.807, 2.05) is 12.5 Å². The van der Waals surface area contributed by atoms with Gasteiger partial charge in [-0.1, -0.05) is 30.7 Å². The molecule has 4 rings (SSSR count). The van der Waals surface area contributed by atoms with E-state index in [0.717, 1.165) is 5.92 Å². The van der Waals surface area contributed by atoms with Gasteiger partial charge in [0, 0.05) is 5.56 Å². The molecule has 1 aliphatic carbocycles. The van der Waals surface area contributed by atoms with Gasteiger partial charge in [0.05, 0.1) is 24.3 Å². The van der Waals surface area contributed by atoms with Crippen LogP contribution in [0.5, 0.6) is 0 Å². The van der Waals surface area contributed by atoms with E-state index in [1.165, 1.54) is 36.1 Å². The zero-order valence-electron chi connectivity index (χ0n) is 9.13. The predicted octanol–water partition coefficient (Wildman–Crippen LogP) is 3.25. The van der Waals surface area contributed by atoms with Gasteiger partial charge in [0.2, 0.25) is 0 Å². The molecule has 80 valence electrons. The van der Waals surface area contributed by atoms with Crippen LogP contribution in [0.15, 0.2) is 36.8 Å². The Kier molecular flexibility index (Phi) is 1.59. The Hall–Kier alpha value is -1.57. The Bertz CT molecular complexity index is 537. The maximum Gasteiger partial charge on any atom is 0.0956 e. The molecule has 1 unspecified atom stereocenters. The second-order valence-electron chi connectivity index (χ2n) is 4.91. The molecule has 1 saturated carbocycles. The molecule has 2 aromatic rings. The van der Waals surface area contributed by atoms with Crippen LogP contribution in [0.4, 0.5) is 0 Å². The normalized spacial score (nSPS) is 22.6. The van der Waals surface area contributed by atoms with Crippen molar-refractivity contribution in [3.8, 4) is 11.3 Å². The summed E-state index contributed by atoms with van der Waals surface area (Å²) in [5.41, 5.74) is 4.19. The first-order chi connectivity index (χ1) is 7.95. The third kappa shape index (κ3) is 0.946. The summed E-state index contributed by atoms with van der Waals surface area (Å²) >= 11 is 0. The lowest BCUT2D eigenvalue weighted by molar-refractivity contribution is 0.243. The smallest absolute Gasteiger partial charge is 0.0956 e. The van der Waals surface area contributed by atoms with E-state index in [-0.39, 0.29) is 0 Å². The molecule has 1 aliphatic heterocycles. The van der Waals surface area contributed by atoms with Crippen LogP contribution in [-0.4, -0.2) is 9.55 Å². The first kappa shape index (κ1) is 8.57. The van der Waals surface area contributed by atoms with Gasteiger partial charge in [-0.3, -0.25) is 0 Å². The Morgan fingerprint density at radius 1 is 1.19 bits per heavy atom. The quantitative estimate of drug-likeness (QED) is 0.706. The minimum atomic E-state index is 0.558. The molecule has 0 saturated heterocycles. The molecule has 2 nitrogen and oxygen atoms in total. The summed E-state index contributed by atoms with van der Waals surface area (Å²) in [4.78, 5) is 4.30. The Labute approximate surface area is 94.9 Å². The lowest BCUT2D eigenvalue weighted by Gasteiger charge is -2.32. The zero-order valence-corrected chi connectivity index (χ0v) is 9.13. The van der Waals surface area contributed by atoms with Crippen molar-refractivity contribution < 1.29 is 0 Å². The fourth-order valence-corrected chi connectivity index (χ4v) is 3.11. The van der Waals surface area contributed by atoms with Crippen molar-refractivity contribution in [1.29, 1.82) is 0 Å². The first-order valence-electron chi connectivity index (χ1n) is 6.06. The SMILES string of the molecule is c1ccc2c(c1)-c1cncn1C2C1CCC1. The number of imidazole rings is 1. The Balaban J connectivity index is 1.94. The molecule has 1 fully saturated rings. The van der Waals surface area contributed by atoms with Crippen molar-refractivity contribution in [3.63, 3.8) is 0 Å². The van der Waals surface area contributed by atoms with Crippen molar-refractivity contribution in [2.75, 3.05) is 0 Å². The molecule has 1 aromatic heterocycles. The van der Waals surface area contributed by atoms with Crippen molar-refractivity contribution in [3.05, 3.63) is 42.4 Å². The van der Waals surface area contributed by atoms with E-state index in [0.29, 0.717) is 6.04 Å². The van der Waals surface area contributed by atoms with E-state index in [9.17, 15) is 0 Å². The number of rotatable bonds is 1. The standard InChI is InChI=1S/C14H14N2/c1-2-7-12-11(6-1)13-8-15-9-16(13)14(12)10-4-3-5-10/h1-2,6-10,14H,3-5H2. The minimum Gasteiger partial charge on any atom is -0.323 e. The van der Waals surface area contributed by atoms with Gasteiger partial charge in [-0.2, -0.15) is 0 Å². The Morgan fingerprint density at radius 3 is 2.88 bits per heavy atom. The molecular weight excluding hydrogens is 196 g/mol. The van der Waals surface area contributed by atoms with Crippen LogP contribution in [0.25, 0.3) is 11.3 Å². The monoisotopic (exact) mass is 210 g/mol. The summed E-state index contributed by atoms with van der Waals surface area (Å²) < 4.78 is 2.37. The number of benzene rings is 1. The predicted molar refractivity (Wildman–Crippen MR) is 63.1 cm³/mol. The maximum atomic E-state index is 4.30. The van der Waals surface area contributed by atoms with Gasteiger partial charge < -0.3 is 4.57 Å². The van der Waals surface area contributed by atoms with Crippen molar-refractivity contribution in [2.24, 2.45) is 5.92 Å². The second kappa shape index (κ2) is 2.97. The third-order valence-electron chi connectivity index (χ3n) is 4.12. The summed E-state index contributed by atoms with van der Waals surface area (Å²) in [6.45, 7) is 0. The van der Waals surface area contributed by atoms with Crippen molar-refractivity contribution >= 4 is 0 Å². The van der Waals surface area contributed by atoms with Gasteiger partial charge in [-0.25, -0.2) is 4.98 Å². The highest BCUT2D eigenvalue weighted by Gasteiger charge is 2.36. The van der Waals surface area contributed by atoms with Gasteiger partial charge in [-0.15, -0.1) is 0 Å². The van der Waals surface area contributed by atoms with Gasteiger partial charge in [0.25, 0.3) is 0 Å². The topological polar surface area (TPSA) is 17.8 Å². The van der Waals surface area contributed by atoms with Gasteiger partial charge in [0.15, 0.2) is 0 Å². The summed E-state index contributed by atoms with van der Waals surface area (Å²) in [5.74, 6) is 0.830. The number of aromatic nitrogens is 2. The fraction of sp³-hybridized carbons (Fsp3) is 0.357. The lowest BCUT2D eigenvalue weighted by Crippen LogP contribution is -2.23. The number of hydrogen-bond acceptors (Lipinski definition) is 1. The zero-order chi connectivity index (χ0) is 10.5. The number of fused-ring (bicyclic) bond motifs is 3. The molecular formula is C14H14N2. The third-order valence-corrected chi connectivity index (χ3v) is 4.12. The van der Waals surface area contributed by atoms with Gasteiger partial charge >= 0.3 is 0 Å². The molecule has 0 spiro atoms. The first-order valence-corrected chi connectivity index (χ1v) is 6.06. The van der Waals surface area contributed by atoms with Crippen LogP contribution >= 0.6 is 0 Å². The molecule has 2 heteroatoms. The van der Waals surface area contributed by atoms with Crippen LogP contribution in [0, 0.1) is 5.92 Å². The molecule has 2 aliphatic rings. The largest absolute Gasteiger partial charge is 0.323 e. The lowest BCUT2D eigenvalue weighted by atomic mass is 9.77. The van der Waals surface area contributed by atoms with Gasteiger partial charge in [-0.05, 0) is 24.3 Å². The Morgan fingerprint density at radius 2 is 2.06 bits per heavy atom. The molecule has 1 aromatic carbocycles. The maximum absolute atomic E-state index is 4.30. The van der Waals surface area contributed by atoms with Gasteiger partial charge in [0.1, 0.15) is 0 Å². The van der Waals surface area contributed by atoms with E-state index >= 15 is 0 Å². The van der Waals surface area contributed by atoms with Crippen molar-refractivity contribution in [1.82, 2.24) is 9.55 Å². The van der Waals surface area contributed by atoms with Crippen LogP contribution in [0.2, 0.25) is 0 Å². The van der Waals surface area contributed by atoms with Crippen LogP contribution in [-0.2, 0) is 0 Å². The second-order valence-corrected chi connectivity index (χ2v) is 4.91. The summed E-state index contributed by atoms with van der Waals surface area (Å²) in [7, 11) is 0. The molecule has 1 atom stereocenters. The highest BCUT2D eigenvalue weighted by molar-refractivity contribution is 5.69. The molecule has 0 N–H and O–H groups in total.